The smallest absolute Gasteiger partial charge is 0.319 e. The van der Waals surface area contributed by atoms with Crippen LogP contribution in [0.2, 0.25) is 5.02 Å². The molecule has 24 heavy (non-hydrogen) atoms. The molecule has 0 bridgehead atoms. The van der Waals surface area contributed by atoms with Crippen molar-refractivity contribution in [2.75, 3.05) is 17.6 Å². The van der Waals surface area contributed by atoms with E-state index in [4.69, 9.17) is 27.3 Å². The molecule has 0 unspecified atom stereocenters. The predicted molar refractivity (Wildman–Crippen MR) is 90.0 cm³/mol. The fourth-order valence-electron chi connectivity index (χ4n) is 1.75. The van der Waals surface area contributed by atoms with Crippen molar-refractivity contribution in [1.29, 1.82) is 0 Å². The lowest BCUT2D eigenvalue weighted by Crippen LogP contribution is -2.28. The Labute approximate surface area is 142 Å². The number of oxime groups is 1. The lowest BCUT2D eigenvalue weighted by Gasteiger charge is -2.11. The number of nitrogens with one attached hydrogen (secondary N) is 2. The minimum Gasteiger partial charge on any atom is -0.438 e. The van der Waals surface area contributed by atoms with Gasteiger partial charge < -0.3 is 26.3 Å². The van der Waals surface area contributed by atoms with Gasteiger partial charge in [0.2, 0.25) is 5.88 Å². The molecule has 1 aromatic heterocycles. The molecule has 1 heterocycles. The Morgan fingerprint density at radius 3 is 2.96 bits per heavy atom. The van der Waals surface area contributed by atoms with E-state index < -0.39 is 0 Å². The summed E-state index contributed by atoms with van der Waals surface area (Å²) < 4.78 is 5.58. The quantitative estimate of drug-likeness (QED) is 0.371. The molecule has 2 amide bonds. The number of benzene rings is 1. The van der Waals surface area contributed by atoms with Crippen molar-refractivity contribution in [2.45, 2.75) is 6.92 Å². The molecule has 0 aliphatic carbocycles. The maximum absolute atomic E-state index is 11.5. The number of carbonyl (C=O) groups excluding carboxylic acids is 1. The fraction of sp³-hybridized carbons (Fsp3) is 0.143. The van der Waals surface area contributed by atoms with Gasteiger partial charge in [0.05, 0.1) is 16.9 Å². The predicted octanol–water partition coefficient (Wildman–Crippen LogP) is 2.45. The molecule has 0 aliphatic rings. The van der Waals surface area contributed by atoms with Crippen LogP contribution < -0.4 is 21.1 Å². The highest BCUT2D eigenvalue weighted by Crippen LogP contribution is 2.30. The third-order valence-electron chi connectivity index (χ3n) is 2.81. The number of hydrogen-bond donors (Lipinski definition) is 4. The van der Waals surface area contributed by atoms with Crippen LogP contribution in [-0.2, 0) is 0 Å². The topological polar surface area (TPSA) is 135 Å². The molecule has 0 radical (unpaired) electrons. The van der Waals surface area contributed by atoms with E-state index in [0.717, 1.165) is 6.21 Å². The van der Waals surface area contributed by atoms with Crippen LogP contribution in [0.4, 0.5) is 16.3 Å². The molecule has 0 atom stereocenters. The van der Waals surface area contributed by atoms with Gasteiger partial charge in [0, 0.05) is 12.6 Å². The molecule has 0 saturated carbocycles. The zero-order valence-corrected chi connectivity index (χ0v) is 13.4. The number of amides is 2. The summed E-state index contributed by atoms with van der Waals surface area (Å²) in [7, 11) is 0. The number of anilines is 2. The van der Waals surface area contributed by atoms with E-state index in [-0.39, 0.29) is 28.3 Å². The first-order chi connectivity index (χ1) is 11.5. The van der Waals surface area contributed by atoms with Crippen LogP contribution >= 0.6 is 11.6 Å². The molecule has 2 aromatic rings. The largest absolute Gasteiger partial charge is 0.438 e. The number of rotatable bonds is 5. The van der Waals surface area contributed by atoms with Crippen LogP contribution in [-0.4, -0.2) is 34.0 Å². The van der Waals surface area contributed by atoms with E-state index in [0.29, 0.717) is 18.0 Å². The zero-order chi connectivity index (χ0) is 17.5. The van der Waals surface area contributed by atoms with Gasteiger partial charge in [-0.2, -0.15) is 0 Å². The zero-order valence-electron chi connectivity index (χ0n) is 12.7. The number of aromatic nitrogens is 2. The first-order valence-electron chi connectivity index (χ1n) is 6.85. The average molecular weight is 351 g/mol. The fourth-order valence-corrected chi connectivity index (χ4v) is 1.97. The lowest BCUT2D eigenvalue weighted by atomic mass is 10.3. The monoisotopic (exact) mass is 350 g/mol. The number of hydrogen-bond acceptors (Lipinski definition) is 7. The minimum absolute atomic E-state index is 0.0958. The maximum atomic E-state index is 11.5. The molecule has 126 valence electrons. The molecule has 0 fully saturated rings. The number of nitrogens with two attached hydrogens (primary N) is 1. The third kappa shape index (κ3) is 4.23. The summed E-state index contributed by atoms with van der Waals surface area (Å²) in [4.78, 5) is 19.2. The molecule has 5 N–H and O–H groups in total. The van der Waals surface area contributed by atoms with Crippen LogP contribution in [0.25, 0.3) is 0 Å². The number of nitrogen functional groups attached to an aromatic ring is 1. The highest BCUT2D eigenvalue weighted by atomic mass is 35.5. The second kappa shape index (κ2) is 7.97. The number of nitrogens with zero attached hydrogens (tertiary/aromatic N) is 3. The molecule has 9 nitrogen and oxygen atoms in total. The second-order valence-corrected chi connectivity index (χ2v) is 4.86. The molecule has 2 rings (SSSR count). The normalized spacial score (nSPS) is 10.6. The summed E-state index contributed by atoms with van der Waals surface area (Å²) in [6, 6.07) is 4.31. The number of carbonyl (C=O) groups is 1. The Hall–Kier alpha value is -3.07. The van der Waals surface area contributed by atoms with Gasteiger partial charge >= 0.3 is 6.03 Å². The van der Waals surface area contributed by atoms with E-state index >= 15 is 0 Å². The Kier molecular flexibility index (Phi) is 5.74. The van der Waals surface area contributed by atoms with Crippen molar-refractivity contribution in [2.24, 2.45) is 5.16 Å². The minimum atomic E-state index is -0.363. The van der Waals surface area contributed by atoms with E-state index in [1.54, 1.807) is 19.1 Å². The molecular weight excluding hydrogens is 336 g/mol. The van der Waals surface area contributed by atoms with Crippen molar-refractivity contribution in [3.8, 4) is 11.6 Å². The Bertz CT molecular complexity index is 768. The third-order valence-corrected chi connectivity index (χ3v) is 3.12. The van der Waals surface area contributed by atoms with Gasteiger partial charge in [-0.25, -0.2) is 14.8 Å². The Balaban J connectivity index is 2.22. The van der Waals surface area contributed by atoms with Gasteiger partial charge in [0.15, 0.2) is 0 Å². The van der Waals surface area contributed by atoms with E-state index in [1.807, 2.05) is 0 Å². The molecule has 1 aromatic carbocycles. The molecule has 10 heteroatoms. The van der Waals surface area contributed by atoms with Crippen molar-refractivity contribution in [1.82, 2.24) is 15.3 Å². The van der Waals surface area contributed by atoms with Gasteiger partial charge in [0.25, 0.3) is 0 Å². The van der Waals surface area contributed by atoms with Gasteiger partial charge in [-0.1, -0.05) is 16.8 Å². The summed E-state index contributed by atoms with van der Waals surface area (Å²) >= 11 is 6.13. The van der Waals surface area contributed by atoms with Crippen LogP contribution in [0.15, 0.2) is 29.7 Å². The van der Waals surface area contributed by atoms with E-state index in [2.05, 4.69) is 25.8 Å². The van der Waals surface area contributed by atoms with Gasteiger partial charge in [0.1, 0.15) is 23.5 Å². The van der Waals surface area contributed by atoms with Gasteiger partial charge in [-0.15, -0.1) is 0 Å². The highest BCUT2D eigenvalue weighted by molar-refractivity contribution is 6.33. The van der Waals surface area contributed by atoms with E-state index in [9.17, 15) is 4.79 Å². The van der Waals surface area contributed by atoms with Crippen LogP contribution in [0.1, 0.15) is 12.5 Å². The SMILES string of the molecule is CCNC(=O)Nc1ccc(Oc2ncnc(N)c2C=NO)cc1Cl. The summed E-state index contributed by atoms with van der Waals surface area (Å²) in [5.41, 5.74) is 6.33. The molecule has 0 spiro atoms. The summed E-state index contributed by atoms with van der Waals surface area (Å²) in [5.74, 6) is 0.548. The average Bonchev–Trinajstić information content (AvgIpc) is 2.54. The highest BCUT2D eigenvalue weighted by Gasteiger charge is 2.12. The number of halogens is 1. The molecular formula is C14H15ClN6O3. The summed E-state index contributed by atoms with van der Waals surface area (Å²) in [5, 5.41) is 17.1. The number of urea groups is 1. The van der Waals surface area contributed by atoms with Crippen LogP contribution in [0, 0.1) is 0 Å². The number of ether oxygens (including phenoxy) is 1. The van der Waals surface area contributed by atoms with Crippen molar-refractivity contribution >= 4 is 35.4 Å². The van der Waals surface area contributed by atoms with E-state index in [1.165, 1.54) is 12.4 Å². The van der Waals surface area contributed by atoms with Crippen LogP contribution in [0.3, 0.4) is 0 Å². The molecule has 0 saturated heterocycles. The van der Waals surface area contributed by atoms with Crippen molar-refractivity contribution in [3.05, 3.63) is 35.1 Å². The Morgan fingerprint density at radius 2 is 2.29 bits per heavy atom. The molecule has 0 aliphatic heterocycles. The summed E-state index contributed by atoms with van der Waals surface area (Å²) in [6.07, 6.45) is 2.28. The van der Waals surface area contributed by atoms with Crippen molar-refractivity contribution in [3.63, 3.8) is 0 Å². The maximum Gasteiger partial charge on any atom is 0.319 e. The van der Waals surface area contributed by atoms with Crippen LogP contribution in [0.5, 0.6) is 11.6 Å². The standard InChI is InChI=1S/C14H15ClN6O3/c1-2-17-14(22)21-11-4-3-8(5-10(11)15)24-13-9(6-20-23)12(16)18-7-19-13/h3-7,23H,2H2,1H3,(H2,16,18,19)(H2,17,21,22). The lowest BCUT2D eigenvalue weighted by molar-refractivity contribution is 0.252. The Morgan fingerprint density at radius 1 is 1.50 bits per heavy atom. The first kappa shape index (κ1) is 17.3. The second-order valence-electron chi connectivity index (χ2n) is 4.45. The van der Waals surface area contributed by atoms with Gasteiger partial charge in [-0.05, 0) is 19.1 Å². The van der Waals surface area contributed by atoms with Crippen molar-refractivity contribution < 1.29 is 14.7 Å². The first-order valence-corrected chi connectivity index (χ1v) is 7.23. The van der Waals surface area contributed by atoms with Gasteiger partial charge in [-0.3, -0.25) is 0 Å². The summed E-state index contributed by atoms with van der Waals surface area (Å²) in [6.45, 7) is 2.30.